The van der Waals surface area contributed by atoms with Gasteiger partial charge >= 0.3 is 0 Å². The molecular formula is C14H17ClFNO. The third-order valence-electron chi connectivity index (χ3n) is 3.09. The summed E-state index contributed by atoms with van der Waals surface area (Å²) in [6, 6.07) is 4.60. The fourth-order valence-corrected chi connectivity index (χ4v) is 2.32. The van der Waals surface area contributed by atoms with Crippen molar-refractivity contribution in [1.29, 1.82) is 0 Å². The molecule has 1 atom stereocenters. The Labute approximate surface area is 112 Å². The molecule has 1 aromatic rings. The number of ether oxygens (including phenoxy) is 1. The van der Waals surface area contributed by atoms with Gasteiger partial charge in [0.1, 0.15) is 11.6 Å². The first-order valence-electron chi connectivity index (χ1n) is 6.14. The molecular weight excluding hydrogens is 253 g/mol. The minimum absolute atomic E-state index is 0.0910. The molecule has 4 heteroatoms. The van der Waals surface area contributed by atoms with Crippen LogP contribution in [0.1, 0.15) is 18.4 Å². The molecule has 1 heterocycles. The maximum atomic E-state index is 13.0. The summed E-state index contributed by atoms with van der Waals surface area (Å²) in [5, 5.41) is 3.68. The second kappa shape index (κ2) is 6.21. The predicted octanol–water partition coefficient (Wildman–Crippen LogP) is 3.30. The first-order valence-corrected chi connectivity index (χ1v) is 6.52. The van der Waals surface area contributed by atoms with Crippen LogP contribution in [0.4, 0.5) is 4.39 Å². The fourth-order valence-electron chi connectivity index (χ4n) is 2.07. The Morgan fingerprint density at radius 3 is 2.94 bits per heavy atom. The topological polar surface area (TPSA) is 21.3 Å². The van der Waals surface area contributed by atoms with Crippen molar-refractivity contribution in [2.24, 2.45) is 0 Å². The van der Waals surface area contributed by atoms with Crippen molar-refractivity contribution >= 4 is 11.6 Å². The molecule has 18 heavy (non-hydrogen) atoms. The normalized spacial score (nSPS) is 16.9. The zero-order valence-corrected chi connectivity index (χ0v) is 11.1. The lowest BCUT2D eigenvalue weighted by Gasteiger charge is -2.23. The zero-order chi connectivity index (χ0) is 13.0. The third kappa shape index (κ3) is 3.24. The summed E-state index contributed by atoms with van der Waals surface area (Å²) in [5.41, 5.74) is 0.924. The van der Waals surface area contributed by atoms with Crippen LogP contribution < -0.4 is 5.32 Å². The Kier molecular flexibility index (Phi) is 4.61. The van der Waals surface area contributed by atoms with Crippen molar-refractivity contribution in [2.45, 2.75) is 25.3 Å². The van der Waals surface area contributed by atoms with Crippen LogP contribution in [0, 0.1) is 5.82 Å². The molecule has 0 saturated carbocycles. The summed E-state index contributed by atoms with van der Waals surface area (Å²) in [4.78, 5) is 0. The molecule has 0 spiro atoms. The standard InChI is InChI=1S/C14H17ClFNO/c1-17-13(14-4-2-3-7-18-14)8-10-5-6-11(16)9-12(10)15/h4-6,9,13,17H,2-3,7-8H2,1H3. The highest BCUT2D eigenvalue weighted by Gasteiger charge is 2.18. The predicted molar refractivity (Wildman–Crippen MR) is 71.2 cm³/mol. The molecule has 2 nitrogen and oxygen atoms in total. The first kappa shape index (κ1) is 13.4. The summed E-state index contributed by atoms with van der Waals surface area (Å²) in [6.45, 7) is 0.765. The Morgan fingerprint density at radius 1 is 1.50 bits per heavy atom. The van der Waals surface area contributed by atoms with E-state index in [1.165, 1.54) is 12.1 Å². The Balaban J connectivity index is 2.12. The highest BCUT2D eigenvalue weighted by molar-refractivity contribution is 6.31. The van der Waals surface area contributed by atoms with Gasteiger partial charge in [0.2, 0.25) is 0 Å². The van der Waals surface area contributed by atoms with Gasteiger partial charge in [-0.25, -0.2) is 4.39 Å². The molecule has 0 saturated heterocycles. The van der Waals surface area contributed by atoms with Gasteiger partial charge in [0, 0.05) is 5.02 Å². The Hall–Kier alpha value is -1.06. The number of benzene rings is 1. The van der Waals surface area contributed by atoms with E-state index in [9.17, 15) is 4.39 Å². The van der Waals surface area contributed by atoms with E-state index < -0.39 is 0 Å². The number of rotatable bonds is 4. The quantitative estimate of drug-likeness (QED) is 0.906. The second-order valence-corrected chi connectivity index (χ2v) is 4.79. The molecule has 0 aromatic heterocycles. The molecule has 0 radical (unpaired) electrons. The minimum atomic E-state index is -0.308. The first-order chi connectivity index (χ1) is 8.70. The molecule has 98 valence electrons. The maximum absolute atomic E-state index is 13.0. The van der Waals surface area contributed by atoms with Crippen LogP contribution in [-0.4, -0.2) is 19.7 Å². The van der Waals surface area contributed by atoms with Gasteiger partial charge in [0.05, 0.1) is 12.6 Å². The molecule has 2 rings (SSSR count). The fraction of sp³-hybridized carbons (Fsp3) is 0.429. The van der Waals surface area contributed by atoms with Crippen molar-refractivity contribution in [3.05, 3.63) is 46.4 Å². The van der Waals surface area contributed by atoms with Gasteiger partial charge in [-0.3, -0.25) is 0 Å². The number of hydrogen-bond donors (Lipinski definition) is 1. The van der Waals surface area contributed by atoms with Gasteiger partial charge in [-0.05, 0) is 50.1 Å². The van der Waals surface area contributed by atoms with Crippen molar-refractivity contribution in [1.82, 2.24) is 5.32 Å². The monoisotopic (exact) mass is 269 g/mol. The lowest BCUT2D eigenvalue weighted by Crippen LogP contribution is -2.32. The van der Waals surface area contributed by atoms with Crippen LogP contribution in [0.15, 0.2) is 30.0 Å². The largest absolute Gasteiger partial charge is 0.497 e. The molecule has 1 N–H and O–H groups in total. The van der Waals surface area contributed by atoms with Gasteiger partial charge in [-0.1, -0.05) is 17.7 Å². The number of halogens is 2. The summed E-state index contributed by atoms with van der Waals surface area (Å²) < 4.78 is 18.6. The van der Waals surface area contributed by atoms with Gasteiger partial charge in [-0.15, -0.1) is 0 Å². The van der Waals surface area contributed by atoms with Crippen LogP contribution in [0.3, 0.4) is 0 Å². The molecule has 0 bridgehead atoms. The average molecular weight is 270 g/mol. The summed E-state index contributed by atoms with van der Waals surface area (Å²) in [5.74, 6) is 0.655. The van der Waals surface area contributed by atoms with Crippen molar-refractivity contribution in [3.8, 4) is 0 Å². The van der Waals surface area contributed by atoms with Crippen LogP contribution in [-0.2, 0) is 11.2 Å². The molecule has 1 unspecified atom stereocenters. The van der Waals surface area contributed by atoms with Gasteiger partial charge < -0.3 is 10.1 Å². The summed E-state index contributed by atoms with van der Waals surface area (Å²) in [6.07, 6.45) is 4.92. The Morgan fingerprint density at radius 2 is 2.33 bits per heavy atom. The van der Waals surface area contributed by atoms with Crippen LogP contribution in [0.2, 0.25) is 5.02 Å². The van der Waals surface area contributed by atoms with E-state index in [1.807, 2.05) is 7.05 Å². The smallest absolute Gasteiger partial charge is 0.124 e. The SMILES string of the molecule is CNC(Cc1ccc(F)cc1Cl)C1=CCCCO1. The van der Waals surface area contributed by atoms with Crippen LogP contribution >= 0.6 is 11.6 Å². The lowest BCUT2D eigenvalue weighted by molar-refractivity contribution is 0.169. The molecule has 1 aromatic carbocycles. The molecule has 0 aliphatic carbocycles. The Bertz CT molecular complexity index is 447. The summed E-state index contributed by atoms with van der Waals surface area (Å²) in [7, 11) is 1.89. The third-order valence-corrected chi connectivity index (χ3v) is 3.45. The maximum Gasteiger partial charge on any atom is 0.124 e. The van der Waals surface area contributed by atoms with Crippen molar-refractivity contribution in [3.63, 3.8) is 0 Å². The number of hydrogen-bond acceptors (Lipinski definition) is 2. The van der Waals surface area contributed by atoms with Crippen LogP contribution in [0.5, 0.6) is 0 Å². The van der Waals surface area contributed by atoms with Crippen molar-refractivity contribution in [2.75, 3.05) is 13.7 Å². The molecule has 1 aliphatic heterocycles. The van der Waals surface area contributed by atoms with E-state index in [2.05, 4.69) is 11.4 Å². The number of allylic oxidation sites excluding steroid dienone is 1. The van der Waals surface area contributed by atoms with E-state index >= 15 is 0 Å². The number of likely N-dealkylation sites (N-methyl/N-ethyl adjacent to an activating group) is 1. The molecule has 0 fully saturated rings. The van der Waals surface area contributed by atoms with E-state index in [4.69, 9.17) is 16.3 Å². The second-order valence-electron chi connectivity index (χ2n) is 4.38. The van der Waals surface area contributed by atoms with Crippen molar-refractivity contribution < 1.29 is 9.13 Å². The van der Waals surface area contributed by atoms with Gasteiger partial charge in [0.25, 0.3) is 0 Å². The zero-order valence-electron chi connectivity index (χ0n) is 10.4. The lowest BCUT2D eigenvalue weighted by atomic mass is 10.0. The van der Waals surface area contributed by atoms with Gasteiger partial charge in [0.15, 0.2) is 0 Å². The summed E-state index contributed by atoms with van der Waals surface area (Å²) >= 11 is 6.04. The molecule has 1 aliphatic rings. The minimum Gasteiger partial charge on any atom is -0.497 e. The van der Waals surface area contributed by atoms with E-state index in [1.54, 1.807) is 6.07 Å². The van der Waals surface area contributed by atoms with Crippen LogP contribution in [0.25, 0.3) is 0 Å². The number of nitrogens with one attached hydrogen (secondary N) is 1. The molecule has 0 amide bonds. The van der Waals surface area contributed by atoms with E-state index in [0.29, 0.717) is 11.4 Å². The highest BCUT2D eigenvalue weighted by Crippen LogP contribution is 2.22. The average Bonchev–Trinajstić information content (AvgIpc) is 2.39. The van der Waals surface area contributed by atoms with E-state index in [0.717, 1.165) is 30.8 Å². The van der Waals surface area contributed by atoms with E-state index in [-0.39, 0.29) is 11.9 Å². The highest BCUT2D eigenvalue weighted by atomic mass is 35.5. The van der Waals surface area contributed by atoms with Gasteiger partial charge in [-0.2, -0.15) is 0 Å².